The molecule has 4 nitrogen and oxygen atoms in total. The van der Waals surface area contributed by atoms with E-state index in [9.17, 15) is 4.79 Å². The summed E-state index contributed by atoms with van der Waals surface area (Å²) in [6.45, 7) is 2.22. The predicted molar refractivity (Wildman–Crippen MR) is 103 cm³/mol. The summed E-state index contributed by atoms with van der Waals surface area (Å²) < 4.78 is 0. The molecule has 0 spiro atoms. The van der Waals surface area contributed by atoms with E-state index in [1.807, 2.05) is 12.1 Å². The highest BCUT2D eigenvalue weighted by Crippen LogP contribution is 2.41. The third kappa shape index (κ3) is 4.01. The first-order chi connectivity index (χ1) is 12.3. The minimum atomic E-state index is 0.381. The molecular weight excluding hydrogens is 310 g/mol. The second kappa shape index (κ2) is 8.15. The average Bonchev–Trinajstić information content (AvgIpc) is 3.47. The molecule has 0 bridgehead atoms. The molecule has 0 unspecified atom stereocenters. The number of pyridine rings is 1. The molecule has 1 aromatic heterocycles. The Bertz CT molecular complexity index is 725. The van der Waals surface area contributed by atoms with E-state index in [0.29, 0.717) is 11.6 Å². The maximum Gasteiger partial charge on any atom is 0.153 e. The van der Waals surface area contributed by atoms with Gasteiger partial charge in [-0.2, -0.15) is 0 Å². The lowest BCUT2D eigenvalue weighted by Crippen LogP contribution is -2.23. The molecule has 0 aliphatic heterocycles. The van der Waals surface area contributed by atoms with Crippen molar-refractivity contribution in [2.45, 2.75) is 57.9 Å². The summed E-state index contributed by atoms with van der Waals surface area (Å²) in [4.78, 5) is 18.1. The van der Waals surface area contributed by atoms with Gasteiger partial charge >= 0.3 is 0 Å². The number of anilines is 3. The van der Waals surface area contributed by atoms with Gasteiger partial charge in [0.2, 0.25) is 0 Å². The first-order valence-corrected chi connectivity index (χ1v) is 9.33. The third-order valence-electron chi connectivity index (χ3n) is 4.82. The van der Waals surface area contributed by atoms with Crippen LogP contribution < -0.4 is 10.6 Å². The van der Waals surface area contributed by atoms with Crippen LogP contribution in [0, 0.1) is 0 Å². The summed E-state index contributed by atoms with van der Waals surface area (Å²) in [6, 6.07) is 10.2. The fourth-order valence-corrected chi connectivity index (χ4v) is 3.29. The van der Waals surface area contributed by atoms with Gasteiger partial charge in [-0.15, -0.1) is 0 Å². The molecule has 3 rings (SSSR count). The Morgan fingerprint density at radius 1 is 1.20 bits per heavy atom. The Morgan fingerprint density at radius 2 is 2.04 bits per heavy atom. The summed E-state index contributed by atoms with van der Waals surface area (Å²) in [7, 11) is 0. The van der Waals surface area contributed by atoms with Crippen molar-refractivity contribution in [1.82, 2.24) is 4.98 Å². The van der Waals surface area contributed by atoms with Crippen molar-refractivity contribution >= 4 is 23.5 Å². The maximum atomic E-state index is 11.5. The van der Waals surface area contributed by atoms with E-state index in [2.05, 4.69) is 28.9 Å². The largest absolute Gasteiger partial charge is 0.397 e. The number of carbonyl (C=O) groups excluding carboxylic acids is 1. The molecule has 0 radical (unpaired) electrons. The van der Waals surface area contributed by atoms with Crippen LogP contribution in [0.1, 0.15) is 61.4 Å². The van der Waals surface area contributed by atoms with Crippen molar-refractivity contribution in [1.29, 1.82) is 0 Å². The van der Waals surface area contributed by atoms with Crippen LogP contribution >= 0.6 is 0 Å². The highest BCUT2D eigenvalue weighted by Gasteiger charge is 2.33. The molecule has 25 heavy (non-hydrogen) atoms. The molecule has 0 saturated heterocycles. The zero-order chi connectivity index (χ0) is 17.6. The van der Waals surface area contributed by atoms with Crippen LogP contribution in [0.3, 0.4) is 0 Å². The second-order valence-electron chi connectivity index (χ2n) is 6.80. The topological polar surface area (TPSA) is 59.2 Å². The van der Waals surface area contributed by atoms with Gasteiger partial charge in [0.05, 0.1) is 16.9 Å². The number of para-hydroxylation sites is 1. The zero-order valence-corrected chi connectivity index (χ0v) is 14.9. The number of aryl methyl sites for hydroxylation is 1. The number of aldehydes is 1. The molecular formula is C21H27N3O. The Hall–Kier alpha value is -2.36. The zero-order valence-electron chi connectivity index (χ0n) is 14.9. The van der Waals surface area contributed by atoms with Gasteiger partial charge in [0.25, 0.3) is 0 Å². The molecule has 4 heteroatoms. The monoisotopic (exact) mass is 337 g/mol. The molecule has 0 atom stereocenters. The highest BCUT2D eigenvalue weighted by atomic mass is 16.1. The normalized spacial score (nSPS) is 13.6. The van der Waals surface area contributed by atoms with Gasteiger partial charge in [-0.3, -0.25) is 4.79 Å². The molecule has 1 aliphatic carbocycles. The summed E-state index contributed by atoms with van der Waals surface area (Å²) in [5.74, 6) is 0.717. The van der Waals surface area contributed by atoms with Crippen molar-refractivity contribution in [3.8, 4) is 0 Å². The van der Waals surface area contributed by atoms with E-state index in [-0.39, 0.29) is 0 Å². The van der Waals surface area contributed by atoms with Crippen LogP contribution in [0.25, 0.3) is 0 Å². The summed E-state index contributed by atoms with van der Waals surface area (Å²) in [5, 5.41) is 0. The van der Waals surface area contributed by atoms with Gasteiger partial charge in [-0.25, -0.2) is 4.98 Å². The number of aromatic nitrogens is 1. The van der Waals surface area contributed by atoms with Crippen molar-refractivity contribution < 1.29 is 4.79 Å². The van der Waals surface area contributed by atoms with E-state index >= 15 is 0 Å². The van der Waals surface area contributed by atoms with E-state index < -0.39 is 0 Å². The van der Waals surface area contributed by atoms with Crippen LogP contribution in [0.5, 0.6) is 0 Å². The third-order valence-corrected chi connectivity index (χ3v) is 4.82. The molecule has 1 fully saturated rings. The highest BCUT2D eigenvalue weighted by molar-refractivity contribution is 5.87. The molecule has 1 saturated carbocycles. The summed E-state index contributed by atoms with van der Waals surface area (Å²) in [6.07, 6.45) is 10.7. The summed E-state index contributed by atoms with van der Waals surface area (Å²) in [5.41, 5.74) is 10.2. The number of nitrogens with two attached hydrogens (primary N) is 1. The first-order valence-electron chi connectivity index (χ1n) is 9.33. The lowest BCUT2D eigenvalue weighted by Gasteiger charge is -2.27. The predicted octanol–water partition coefficient (Wildman–Crippen LogP) is 4.90. The van der Waals surface area contributed by atoms with E-state index in [4.69, 9.17) is 5.73 Å². The van der Waals surface area contributed by atoms with Crippen molar-refractivity contribution in [3.63, 3.8) is 0 Å². The molecule has 2 aromatic rings. The quantitative estimate of drug-likeness (QED) is 0.402. The fraction of sp³-hybridized carbons (Fsp3) is 0.429. The SMILES string of the molecule is CCCCCCc1cccc(N(c2ncccc2C=O)C2CC2)c1N. The van der Waals surface area contributed by atoms with E-state index in [0.717, 1.165) is 49.2 Å². The number of nitrogens with zero attached hydrogens (tertiary/aromatic N) is 2. The molecule has 1 aliphatic rings. The number of unbranched alkanes of at least 4 members (excludes halogenated alkanes) is 3. The summed E-state index contributed by atoms with van der Waals surface area (Å²) >= 11 is 0. The van der Waals surface area contributed by atoms with Crippen LogP contribution in [-0.4, -0.2) is 17.3 Å². The van der Waals surface area contributed by atoms with E-state index in [1.165, 1.54) is 24.8 Å². The number of hydrogen-bond donors (Lipinski definition) is 1. The van der Waals surface area contributed by atoms with Gasteiger partial charge in [0.1, 0.15) is 5.82 Å². The number of benzene rings is 1. The second-order valence-corrected chi connectivity index (χ2v) is 6.80. The van der Waals surface area contributed by atoms with Gasteiger partial charge in [-0.05, 0) is 49.4 Å². The maximum absolute atomic E-state index is 11.5. The molecule has 2 N–H and O–H groups in total. The minimum Gasteiger partial charge on any atom is -0.397 e. The smallest absolute Gasteiger partial charge is 0.153 e. The van der Waals surface area contributed by atoms with Crippen LogP contribution in [-0.2, 0) is 6.42 Å². The number of carbonyl (C=O) groups is 1. The van der Waals surface area contributed by atoms with Crippen LogP contribution in [0.2, 0.25) is 0 Å². The van der Waals surface area contributed by atoms with Gasteiger partial charge in [-0.1, -0.05) is 38.3 Å². The minimum absolute atomic E-state index is 0.381. The molecule has 1 aromatic carbocycles. The Kier molecular flexibility index (Phi) is 5.69. The molecule has 132 valence electrons. The van der Waals surface area contributed by atoms with Crippen molar-refractivity contribution in [3.05, 3.63) is 47.7 Å². The molecule has 0 amide bonds. The van der Waals surface area contributed by atoms with Gasteiger partial charge in [0.15, 0.2) is 6.29 Å². The van der Waals surface area contributed by atoms with Crippen LogP contribution in [0.15, 0.2) is 36.5 Å². The Morgan fingerprint density at radius 3 is 2.76 bits per heavy atom. The van der Waals surface area contributed by atoms with Crippen LogP contribution in [0.4, 0.5) is 17.2 Å². The Balaban J connectivity index is 1.91. The van der Waals surface area contributed by atoms with E-state index in [1.54, 1.807) is 12.3 Å². The van der Waals surface area contributed by atoms with Gasteiger partial charge < -0.3 is 10.6 Å². The fourth-order valence-electron chi connectivity index (χ4n) is 3.29. The van der Waals surface area contributed by atoms with Crippen molar-refractivity contribution in [2.75, 3.05) is 10.6 Å². The number of nitrogen functional groups attached to an aromatic ring is 1. The lowest BCUT2D eigenvalue weighted by atomic mass is 10.0. The standard InChI is InChI=1S/C21H27N3O/c1-2-3-4-5-8-16-9-6-11-19(20(16)22)24(18-12-13-18)21-17(15-25)10-7-14-23-21/h6-7,9-11,14-15,18H,2-5,8,12-13,22H2,1H3. The van der Waals surface area contributed by atoms with Crippen molar-refractivity contribution in [2.24, 2.45) is 0 Å². The molecule has 1 heterocycles. The number of rotatable bonds is 9. The first kappa shape index (κ1) is 17.5. The lowest BCUT2D eigenvalue weighted by molar-refractivity contribution is 0.112. The average molecular weight is 337 g/mol. The number of hydrogen-bond acceptors (Lipinski definition) is 4. The van der Waals surface area contributed by atoms with Gasteiger partial charge in [0, 0.05) is 12.2 Å². The Labute approximate surface area is 150 Å².